The minimum atomic E-state index is -4.41. The zero-order valence-corrected chi connectivity index (χ0v) is 16.4. The summed E-state index contributed by atoms with van der Waals surface area (Å²) in [5.41, 5.74) is -3.63. The molecule has 3 aromatic rings. The molecule has 0 N–H and O–H groups in total. The van der Waals surface area contributed by atoms with Crippen LogP contribution < -0.4 is 4.90 Å². The van der Waals surface area contributed by atoms with Crippen LogP contribution in [0.1, 0.15) is 17.3 Å². The molecule has 152 valence electrons. The van der Waals surface area contributed by atoms with Crippen LogP contribution in [-0.2, 0) is 0 Å². The summed E-state index contributed by atoms with van der Waals surface area (Å²) >= 11 is 5.91. The number of hydrogen-bond donors (Lipinski definition) is 0. The van der Waals surface area contributed by atoms with Gasteiger partial charge in [0.05, 0.1) is 24.3 Å². The third-order valence-corrected chi connectivity index (χ3v) is 4.80. The summed E-state index contributed by atoms with van der Waals surface area (Å²) in [6, 6.07) is 6.28. The molecule has 3 rings (SSSR count). The maximum atomic E-state index is 13.4. The number of thioether (sulfide) groups is 1. The third-order valence-electron chi connectivity index (χ3n) is 3.79. The molecule has 2 aromatic heterocycles. The maximum Gasteiger partial charge on any atom is 0.446 e. The number of aromatic nitrogens is 3. The highest BCUT2D eigenvalue weighted by atomic mass is 35.5. The first-order chi connectivity index (χ1) is 13.7. The highest BCUT2D eigenvalue weighted by molar-refractivity contribution is 8.00. The molecule has 1 aromatic carbocycles. The van der Waals surface area contributed by atoms with E-state index in [2.05, 4.69) is 10.1 Å². The second-order valence-corrected chi connectivity index (χ2v) is 7.23. The fourth-order valence-corrected chi connectivity index (χ4v) is 3.33. The summed E-state index contributed by atoms with van der Waals surface area (Å²) in [4.78, 5) is 17.9. The molecule has 2 heterocycles. The molecule has 11 heteroatoms. The molecule has 0 saturated heterocycles. The number of anilines is 1. The second kappa shape index (κ2) is 8.42. The standard InChI is InChI=1S/C18H13ClF4N4OS/c1-2-26(17(28)11-3-5-14(6-4-11)29-18(21,22)23)15-10-27(25-16(15)19)13-7-12(20)8-24-9-13/h3-10H,2H2,1H3. The monoisotopic (exact) mass is 444 g/mol. The fourth-order valence-electron chi connectivity index (χ4n) is 2.56. The summed E-state index contributed by atoms with van der Waals surface area (Å²) in [5, 5.41) is 4.08. The number of halogens is 5. The molecule has 0 radical (unpaired) electrons. The summed E-state index contributed by atoms with van der Waals surface area (Å²) in [7, 11) is 0. The highest BCUT2D eigenvalue weighted by Gasteiger charge is 2.29. The first kappa shape index (κ1) is 21.1. The van der Waals surface area contributed by atoms with Crippen LogP contribution in [-0.4, -0.2) is 32.7 Å². The molecule has 1 amide bonds. The molecule has 0 aliphatic heterocycles. The molecule has 0 aliphatic rings. The van der Waals surface area contributed by atoms with Gasteiger partial charge in [0.1, 0.15) is 11.5 Å². The molecule has 5 nitrogen and oxygen atoms in total. The van der Waals surface area contributed by atoms with Gasteiger partial charge in [0.25, 0.3) is 5.91 Å². The van der Waals surface area contributed by atoms with Gasteiger partial charge in [-0.2, -0.15) is 18.3 Å². The van der Waals surface area contributed by atoms with E-state index in [0.717, 1.165) is 6.20 Å². The number of amides is 1. The van der Waals surface area contributed by atoms with Gasteiger partial charge in [-0.25, -0.2) is 9.07 Å². The SMILES string of the molecule is CCN(C(=O)c1ccc(SC(F)(F)F)cc1)c1cn(-c2cncc(F)c2)nc1Cl. The van der Waals surface area contributed by atoms with Gasteiger partial charge in [0, 0.05) is 23.1 Å². The lowest BCUT2D eigenvalue weighted by Crippen LogP contribution is -2.30. The lowest BCUT2D eigenvalue weighted by molar-refractivity contribution is -0.0328. The Balaban J connectivity index is 1.87. The Morgan fingerprint density at radius 2 is 1.93 bits per heavy atom. The minimum Gasteiger partial charge on any atom is -0.304 e. The van der Waals surface area contributed by atoms with Crippen LogP contribution in [0.25, 0.3) is 5.69 Å². The highest BCUT2D eigenvalue weighted by Crippen LogP contribution is 2.37. The van der Waals surface area contributed by atoms with E-state index in [1.807, 2.05) is 0 Å². The van der Waals surface area contributed by atoms with Gasteiger partial charge in [-0.15, -0.1) is 0 Å². The lowest BCUT2D eigenvalue weighted by atomic mass is 10.2. The Bertz CT molecular complexity index is 1020. The van der Waals surface area contributed by atoms with Crippen LogP contribution in [0.15, 0.2) is 53.8 Å². The molecule has 0 spiro atoms. The smallest absolute Gasteiger partial charge is 0.304 e. The Hall–Kier alpha value is -2.59. The van der Waals surface area contributed by atoms with Crippen LogP contribution >= 0.6 is 23.4 Å². The summed E-state index contributed by atoms with van der Waals surface area (Å²) in [6.45, 7) is 1.94. The summed E-state index contributed by atoms with van der Waals surface area (Å²) in [5.74, 6) is -1.02. The first-order valence-electron chi connectivity index (χ1n) is 8.21. The average molecular weight is 445 g/mol. The predicted octanol–water partition coefficient (Wildman–Crippen LogP) is 5.34. The van der Waals surface area contributed by atoms with Crippen molar-refractivity contribution in [2.24, 2.45) is 0 Å². The van der Waals surface area contributed by atoms with Gasteiger partial charge < -0.3 is 4.90 Å². The Kier molecular flexibility index (Phi) is 6.13. The van der Waals surface area contributed by atoms with Gasteiger partial charge in [-0.3, -0.25) is 9.78 Å². The molecule has 0 atom stereocenters. The largest absolute Gasteiger partial charge is 0.446 e. The fraction of sp³-hybridized carbons (Fsp3) is 0.167. The third kappa shape index (κ3) is 5.07. The van der Waals surface area contributed by atoms with Crippen molar-refractivity contribution < 1.29 is 22.4 Å². The summed E-state index contributed by atoms with van der Waals surface area (Å²) < 4.78 is 52.0. The molecular formula is C18H13ClF4N4OS. The van der Waals surface area contributed by atoms with Gasteiger partial charge >= 0.3 is 5.51 Å². The van der Waals surface area contributed by atoms with Crippen molar-refractivity contribution in [1.82, 2.24) is 14.8 Å². The van der Waals surface area contributed by atoms with Crippen molar-refractivity contribution in [2.45, 2.75) is 17.3 Å². The van der Waals surface area contributed by atoms with E-state index >= 15 is 0 Å². The number of carbonyl (C=O) groups excluding carboxylic acids is 1. The molecule has 0 aliphatic carbocycles. The number of rotatable bonds is 5. The molecular weight excluding hydrogens is 432 g/mol. The van der Waals surface area contributed by atoms with Crippen LogP contribution in [0.5, 0.6) is 0 Å². The Morgan fingerprint density at radius 1 is 1.24 bits per heavy atom. The van der Waals surface area contributed by atoms with E-state index in [4.69, 9.17) is 11.6 Å². The quantitative estimate of drug-likeness (QED) is 0.394. The van der Waals surface area contributed by atoms with Crippen molar-refractivity contribution in [3.63, 3.8) is 0 Å². The molecule has 0 fully saturated rings. The number of carbonyl (C=O) groups is 1. The van der Waals surface area contributed by atoms with Crippen molar-refractivity contribution in [2.75, 3.05) is 11.4 Å². The van der Waals surface area contributed by atoms with Crippen molar-refractivity contribution >= 4 is 35.0 Å². The van der Waals surface area contributed by atoms with E-state index in [9.17, 15) is 22.4 Å². The number of pyridine rings is 1. The van der Waals surface area contributed by atoms with Gasteiger partial charge in [-0.05, 0) is 43.0 Å². The topological polar surface area (TPSA) is 51.0 Å². The Morgan fingerprint density at radius 3 is 2.52 bits per heavy atom. The normalized spacial score (nSPS) is 11.5. The number of alkyl halides is 3. The van der Waals surface area contributed by atoms with E-state index in [1.165, 1.54) is 52.3 Å². The molecule has 0 saturated carbocycles. The van der Waals surface area contributed by atoms with E-state index in [-0.39, 0.29) is 39.6 Å². The van der Waals surface area contributed by atoms with Gasteiger partial charge in [-0.1, -0.05) is 11.6 Å². The maximum absolute atomic E-state index is 13.4. The summed E-state index contributed by atoms with van der Waals surface area (Å²) in [6.07, 6.45) is 3.87. The van der Waals surface area contributed by atoms with Crippen LogP contribution in [0.4, 0.5) is 23.2 Å². The second-order valence-electron chi connectivity index (χ2n) is 5.73. The molecule has 29 heavy (non-hydrogen) atoms. The van der Waals surface area contributed by atoms with Gasteiger partial charge in [0.2, 0.25) is 0 Å². The van der Waals surface area contributed by atoms with Gasteiger partial charge in [0.15, 0.2) is 5.15 Å². The van der Waals surface area contributed by atoms with E-state index in [0.29, 0.717) is 5.69 Å². The zero-order chi connectivity index (χ0) is 21.2. The minimum absolute atomic E-state index is 0.00806. The van der Waals surface area contributed by atoms with Crippen LogP contribution in [0, 0.1) is 5.82 Å². The molecule has 0 unspecified atom stereocenters. The zero-order valence-electron chi connectivity index (χ0n) is 14.8. The van der Waals surface area contributed by atoms with E-state index in [1.54, 1.807) is 6.92 Å². The Labute approximate surface area is 172 Å². The van der Waals surface area contributed by atoms with Crippen molar-refractivity contribution in [3.05, 3.63) is 65.5 Å². The number of nitrogens with zero attached hydrogens (tertiary/aromatic N) is 4. The number of hydrogen-bond acceptors (Lipinski definition) is 4. The van der Waals surface area contributed by atoms with Crippen molar-refractivity contribution in [1.29, 1.82) is 0 Å². The van der Waals surface area contributed by atoms with Crippen LogP contribution in [0.2, 0.25) is 5.15 Å². The lowest BCUT2D eigenvalue weighted by Gasteiger charge is -2.19. The van der Waals surface area contributed by atoms with E-state index < -0.39 is 17.2 Å². The van der Waals surface area contributed by atoms with Crippen LogP contribution in [0.3, 0.4) is 0 Å². The van der Waals surface area contributed by atoms with Crippen molar-refractivity contribution in [3.8, 4) is 5.69 Å². The first-order valence-corrected chi connectivity index (χ1v) is 9.41. The molecule has 0 bridgehead atoms. The average Bonchev–Trinajstić information content (AvgIpc) is 3.03. The predicted molar refractivity (Wildman–Crippen MR) is 102 cm³/mol. The number of benzene rings is 1.